The molecule has 3 heterocycles. The lowest BCUT2D eigenvalue weighted by atomic mass is 10.0. The van der Waals surface area contributed by atoms with Crippen molar-refractivity contribution in [2.75, 3.05) is 5.32 Å². The Bertz CT molecular complexity index is 1180. The van der Waals surface area contributed by atoms with E-state index in [1.165, 1.54) is 23.5 Å². The fraction of sp³-hybridized carbons (Fsp3) is 0.200. The van der Waals surface area contributed by atoms with Crippen LogP contribution in [0.25, 0.3) is 5.65 Å². The van der Waals surface area contributed by atoms with Crippen molar-refractivity contribution in [3.63, 3.8) is 0 Å². The third kappa shape index (κ3) is 4.33. The number of nitrogens with one attached hydrogen (secondary N) is 1. The number of imidazole rings is 1. The first-order chi connectivity index (χ1) is 14.3. The van der Waals surface area contributed by atoms with Crippen molar-refractivity contribution in [1.82, 2.24) is 19.4 Å². The van der Waals surface area contributed by atoms with E-state index in [1.807, 2.05) is 6.92 Å². The van der Waals surface area contributed by atoms with Gasteiger partial charge in [0.25, 0.3) is 0 Å². The first-order valence-corrected chi connectivity index (χ1v) is 9.83. The average molecular weight is 431 g/mol. The normalized spacial score (nSPS) is 12.8. The first kappa shape index (κ1) is 20.0. The Kier molecular flexibility index (Phi) is 5.25. The highest BCUT2D eigenvalue weighted by Gasteiger charge is 2.30. The standard InChI is InChI=1S/C20H16F3N5OS/c1-12(8-16(29)15-11-28-7-6-24-18(28)10-25-15)17-9-26-19(30-17)27-14-4-2-13(3-5-14)20(21,22)23/h2-7,9-12H,8H2,1H3,(H,26,27). The smallest absolute Gasteiger partial charge is 0.332 e. The maximum Gasteiger partial charge on any atom is 0.416 e. The van der Waals surface area contributed by atoms with Gasteiger partial charge in [-0.2, -0.15) is 13.2 Å². The number of carbonyl (C=O) groups excluding carboxylic acids is 1. The zero-order valence-corrected chi connectivity index (χ0v) is 16.5. The van der Waals surface area contributed by atoms with Gasteiger partial charge in [0, 0.05) is 41.8 Å². The number of carbonyl (C=O) groups is 1. The maximum absolute atomic E-state index is 12.7. The lowest BCUT2D eigenvalue weighted by molar-refractivity contribution is -0.137. The molecule has 0 spiro atoms. The molecule has 10 heteroatoms. The van der Waals surface area contributed by atoms with Crippen molar-refractivity contribution in [2.24, 2.45) is 0 Å². The average Bonchev–Trinajstić information content (AvgIpc) is 3.36. The van der Waals surface area contributed by atoms with E-state index in [-0.39, 0.29) is 18.1 Å². The van der Waals surface area contributed by atoms with E-state index in [0.29, 0.717) is 22.2 Å². The van der Waals surface area contributed by atoms with Crippen LogP contribution in [0.5, 0.6) is 0 Å². The van der Waals surface area contributed by atoms with Gasteiger partial charge in [0.1, 0.15) is 5.69 Å². The number of halogens is 3. The Balaban J connectivity index is 1.40. The van der Waals surface area contributed by atoms with Crippen molar-refractivity contribution >= 4 is 33.6 Å². The largest absolute Gasteiger partial charge is 0.416 e. The molecule has 0 saturated carbocycles. The number of aromatic nitrogens is 4. The number of hydrogen-bond acceptors (Lipinski definition) is 6. The summed E-state index contributed by atoms with van der Waals surface area (Å²) in [6.07, 6.45) is 4.15. The van der Waals surface area contributed by atoms with Crippen molar-refractivity contribution in [3.8, 4) is 0 Å². The third-order valence-corrected chi connectivity index (χ3v) is 5.67. The van der Waals surface area contributed by atoms with E-state index >= 15 is 0 Å². The lowest BCUT2D eigenvalue weighted by Gasteiger charge is -2.08. The van der Waals surface area contributed by atoms with Crippen LogP contribution >= 0.6 is 11.3 Å². The van der Waals surface area contributed by atoms with Crippen LogP contribution in [0.1, 0.15) is 40.2 Å². The summed E-state index contributed by atoms with van der Waals surface area (Å²) in [5, 5.41) is 3.54. The molecule has 1 N–H and O–H groups in total. The highest BCUT2D eigenvalue weighted by Crippen LogP contribution is 2.32. The molecule has 0 fully saturated rings. The second-order valence-corrected chi connectivity index (χ2v) is 7.82. The van der Waals surface area contributed by atoms with Gasteiger partial charge in [-0.3, -0.25) is 4.79 Å². The van der Waals surface area contributed by atoms with Gasteiger partial charge in [0.05, 0.1) is 11.8 Å². The number of anilines is 2. The number of hydrogen-bond donors (Lipinski definition) is 1. The van der Waals surface area contributed by atoms with Crippen molar-refractivity contribution in [1.29, 1.82) is 0 Å². The van der Waals surface area contributed by atoms with Crippen LogP contribution in [0, 0.1) is 0 Å². The van der Waals surface area contributed by atoms with Gasteiger partial charge in [-0.15, -0.1) is 11.3 Å². The minimum Gasteiger partial charge on any atom is -0.332 e. The summed E-state index contributed by atoms with van der Waals surface area (Å²) in [5.74, 6) is -0.179. The van der Waals surface area contributed by atoms with E-state index in [1.54, 1.807) is 35.4 Å². The number of alkyl halides is 3. The third-order valence-electron chi connectivity index (χ3n) is 4.53. The van der Waals surface area contributed by atoms with E-state index < -0.39 is 11.7 Å². The van der Waals surface area contributed by atoms with Crippen LogP contribution in [0.2, 0.25) is 0 Å². The number of Topliss-reactive ketones (excluding diaryl/α,β-unsaturated/α-hetero) is 1. The first-order valence-electron chi connectivity index (χ1n) is 9.01. The Morgan fingerprint density at radius 1 is 1.17 bits per heavy atom. The molecule has 3 aromatic heterocycles. The molecule has 1 aromatic carbocycles. The summed E-state index contributed by atoms with van der Waals surface area (Å²) >= 11 is 1.35. The number of benzene rings is 1. The molecule has 30 heavy (non-hydrogen) atoms. The molecule has 4 aromatic rings. The zero-order valence-electron chi connectivity index (χ0n) is 15.7. The maximum atomic E-state index is 12.7. The Hall–Kier alpha value is -3.27. The molecule has 0 aliphatic rings. The molecule has 1 unspecified atom stereocenters. The topological polar surface area (TPSA) is 72.2 Å². The van der Waals surface area contributed by atoms with Gasteiger partial charge in [-0.25, -0.2) is 15.0 Å². The molecule has 0 amide bonds. The minimum atomic E-state index is -4.37. The molecule has 6 nitrogen and oxygen atoms in total. The van der Waals surface area contributed by atoms with E-state index in [9.17, 15) is 18.0 Å². The number of ketones is 1. The summed E-state index contributed by atoms with van der Waals surface area (Å²) in [4.78, 5) is 26.0. The summed E-state index contributed by atoms with van der Waals surface area (Å²) < 4.78 is 39.7. The van der Waals surface area contributed by atoms with Crippen LogP contribution in [0.3, 0.4) is 0 Å². The summed E-state index contributed by atoms with van der Waals surface area (Å²) in [7, 11) is 0. The molecule has 154 valence electrons. The van der Waals surface area contributed by atoms with Gasteiger partial charge in [-0.05, 0) is 30.2 Å². The minimum absolute atomic E-state index is 0.0848. The molecule has 0 bridgehead atoms. The highest BCUT2D eigenvalue weighted by molar-refractivity contribution is 7.15. The summed E-state index contributed by atoms with van der Waals surface area (Å²) in [6, 6.07) is 4.74. The fourth-order valence-electron chi connectivity index (χ4n) is 2.89. The van der Waals surface area contributed by atoms with Gasteiger partial charge in [-0.1, -0.05) is 6.92 Å². The Morgan fingerprint density at radius 3 is 2.67 bits per heavy atom. The number of fused-ring (bicyclic) bond motifs is 1. The molecule has 0 radical (unpaired) electrons. The Labute approximate surface area is 173 Å². The second-order valence-electron chi connectivity index (χ2n) is 6.76. The van der Waals surface area contributed by atoms with Gasteiger partial charge < -0.3 is 9.72 Å². The SMILES string of the molecule is CC(CC(=O)c1cn2ccnc2cn1)c1cnc(Nc2ccc(C(F)(F)F)cc2)s1. The van der Waals surface area contributed by atoms with E-state index in [0.717, 1.165) is 17.0 Å². The van der Waals surface area contributed by atoms with Crippen LogP contribution in [0.15, 0.2) is 55.2 Å². The fourth-order valence-corrected chi connectivity index (χ4v) is 3.78. The Morgan fingerprint density at radius 2 is 1.93 bits per heavy atom. The van der Waals surface area contributed by atoms with Crippen LogP contribution in [-0.2, 0) is 6.18 Å². The highest BCUT2D eigenvalue weighted by atomic mass is 32.1. The van der Waals surface area contributed by atoms with Crippen molar-refractivity contribution < 1.29 is 18.0 Å². The molecule has 1 atom stereocenters. The molecule has 0 aliphatic carbocycles. The number of nitrogens with zero attached hydrogens (tertiary/aromatic N) is 4. The van der Waals surface area contributed by atoms with Crippen molar-refractivity contribution in [2.45, 2.75) is 25.4 Å². The molecule has 0 aliphatic heterocycles. The lowest BCUT2D eigenvalue weighted by Crippen LogP contribution is -2.07. The molecule has 4 rings (SSSR count). The predicted octanol–water partition coefficient (Wildman–Crippen LogP) is 5.32. The monoisotopic (exact) mass is 431 g/mol. The molecular formula is C20H16F3N5OS. The predicted molar refractivity (Wildman–Crippen MR) is 107 cm³/mol. The second kappa shape index (κ2) is 7.86. The molecule has 0 saturated heterocycles. The van der Waals surface area contributed by atoms with Gasteiger partial charge in [0.2, 0.25) is 0 Å². The van der Waals surface area contributed by atoms with Crippen LogP contribution in [0.4, 0.5) is 24.0 Å². The van der Waals surface area contributed by atoms with Gasteiger partial charge in [0.15, 0.2) is 16.6 Å². The summed E-state index contributed by atoms with van der Waals surface area (Å²) in [6.45, 7) is 1.92. The van der Waals surface area contributed by atoms with Crippen molar-refractivity contribution in [3.05, 3.63) is 71.4 Å². The summed E-state index contributed by atoms with van der Waals surface area (Å²) in [5.41, 5.74) is 0.828. The quantitative estimate of drug-likeness (QED) is 0.418. The van der Waals surface area contributed by atoms with E-state index in [2.05, 4.69) is 20.3 Å². The van der Waals surface area contributed by atoms with Crippen LogP contribution < -0.4 is 5.32 Å². The number of thiazole rings is 1. The molecular weight excluding hydrogens is 415 g/mol. The zero-order chi connectivity index (χ0) is 21.3. The van der Waals surface area contributed by atoms with Gasteiger partial charge >= 0.3 is 6.18 Å². The van der Waals surface area contributed by atoms with Crippen LogP contribution in [-0.4, -0.2) is 25.1 Å². The number of rotatable bonds is 6. The van der Waals surface area contributed by atoms with E-state index in [4.69, 9.17) is 0 Å².